The lowest BCUT2D eigenvalue weighted by Gasteiger charge is -2.32. The number of carbonyl (C=O) groups is 2. The molecule has 0 aliphatic carbocycles. The molecule has 0 unspecified atom stereocenters. The molecule has 1 saturated heterocycles. The number of likely N-dealkylation sites (N-methyl/N-ethyl adjacent to an activating group) is 1. The lowest BCUT2D eigenvalue weighted by atomic mass is 10.3. The SMILES string of the molecule is CN1CCN(CCNC(=O)NCC=O)CC1. The third-order valence-corrected chi connectivity index (χ3v) is 2.66. The number of hydrogen-bond acceptors (Lipinski definition) is 4. The molecule has 0 saturated carbocycles. The Hall–Kier alpha value is -1.14. The lowest BCUT2D eigenvalue weighted by Crippen LogP contribution is -2.47. The van der Waals surface area contributed by atoms with Crippen molar-refractivity contribution in [1.29, 1.82) is 0 Å². The van der Waals surface area contributed by atoms with Crippen LogP contribution in [0.25, 0.3) is 0 Å². The molecule has 2 N–H and O–H groups in total. The van der Waals surface area contributed by atoms with Gasteiger partial charge in [-0.15, -0.1) is 0 Å². The highest BCUT2D eigenvalue weighted by Crippen LogP contribution is 1.97. The van der Waals surface area contributed by atoms with Crippen LogP contribution in [0.4, 0.5) is 4.79 Å². The average molecular weight is 228 g/mol. The van der Waals surface area contributed by atoms with Gasteiger partial charge >= 0.3 is 6.03 Å². The predicted molar refractivity (Wildman–Crippen MR) is 61.4 cm³/mol. The fraction of sp³-hybridized carbons (Fsp3) is 0.800. The first-order valence-electron chi connectivity index (χ1n) is 5.58. The van der Waals surface area contributed by atoms with Gasteiger partial charge in [0.15, 0.2) is 0 Å². The zero-order chi connectivity index (χ0) is 11.8. The Balaban J connectivity index is 2.02. The highest BCUT2D eigenvalue weighted by Gasteiger charge is 2.12. The first-order chi connectivity index (χ1) is 7.72. The van der Waals surface area contributed by atoms with Crippen molar-refractivity contribution in [3.8, 4) is 0 Å². The molecular weight excluding hydrogens is 208 g/mol. The third-order valence-electron chi connectivity index (χ3n) is 2.66. The van der Waals surface area contributed by atoms with Crippen LogP contribution in [0.2, 0.25) is 0 Å². The molecule has 0 spiro atoms. The van der Waals surface area contributed by atoms with Crippen LogP contribution >= 0.6 is 0 Å². The van der Waals surface area contributed by atoms with Crippen LogP contribution in [0.5, 0.6) is 0 Å². The summed E-state index contributed by atoms with van der Waals surface area (Å²) in [5.74, 6) is 0. The van der Waals surface area contributed by atoms with Crippen molar-refractivity contribution in [2.24, 2.45) is 0 Å². The molecular formula is C10H20N4O2. The van der Waals surface area contributed by atoms with Crippen molar-refractivity contribution in [2.75, 3.05) is 52.9 Å². The molecule has 16 heavy (non-hydrogen) atoms. The van der Waals surface area contributed by atoms with E-state index in [0.717, 1.165) is 32.7 Å². The Morgan fingerprint density at radius 1 is 1.25 bits per heavy atom. The van der Waals surface area contributed by atoms with Gasteiger partial charge in [-0.3, -0.25) is 4.90 Å². The molecule has 2 amide bonds. The van der Waals surface area contributed by atoms with E-state index in [9.17, 15) is 9.59 Å². The Labute approximate surface area is 96.0 Å². The number of hydrogen-bond donors (Lipinski definition) is 2. The van der Waals surface area contributed by atoms with Crippen LogP contribution in [0.1, 0.15) is 0 Å². The maximum absolute atomic E-state index is 11.1. The van der Waals surface area contributed by atoms with E-state index < -0.39 is 0 Å². The zero-order valence-electron chi connectivity index (χ0n) is 9.74. The van der Waals surface area contributed by atoms with Gasteiger partial charge in [-0.1, -0.05) is 0 Å². The van der Waals surface area contributed by atoms with Crippen molar-refractivity contribution >= 4 is 12.3 Å². The van der Waals surface area contributed by atoms with E-state index in [-0.39, 0.29) is 12.6 Å². The number of aldehydes is 1. The highest BCUT2D eigenvalue weighted by atomic mass is 16.2. The van der Waals surface area contributed by atoms with E-state index in [0.29, 0.717) is 12.8 Å². The minimum absolute atomic E-state index is 0.0698. The maximum atomic E-state index is 11.1. The summed E-state index contributed by atoms with van der Waals surface area (Å²) in [5, 5.41) is 5.14. The van der Waals surface area contributed by atoms with Gasteiger partial charge in [0, 0.05) is 39.3 Å². The monoisotopic (exact) mass is 228 g/mol. The largest absolute Gasteiger partial charge is 0.337 e. The van der Waals surface area contributed by atoms with E-state index in [2.05, 4.69) is 27.5 Å². The van der Waals surface area contributed by atoms with Gasteiger partial charge in [0.1, 0.15) is 6.29 Å². The minimum atomic E-state index is -0.277. The van der Waals surface area contributed by atoms with Crippen molar-refractivity contribution in [3.05, 3.63) is 0 Å². The number of piperazine rings is 1. The quantitative estimate of drug-likeness (QED) is 0.576. The summed E-state index contributed by atoms with van der Waals surface area (Å²) in [7, 11) is 2.11. The normalized spacial score (nSPS) is 18.1. The summed E-state index contributed by atoms with van der Waals surface area (Å²) in [6, 6.07) is -0.277. The van der Waals surface area contributed by atoms with E-state index in [1.807, 2.05) is 0 Å². The van der Waals surface area contributed by atoms with Gasteiger partial charge in [-0.05, 0) is 7.05 Å². The van der Waals surface area contributed by atoms with Gasteiger partial charge in [0.05, 0.1) is 6.54 Å². The van der Waals surface area contributed by atoms with Crippen molar-refractivity contribution < 1.29 is 9.59 Å². The number of carbonyl (C=O) groups excluding carboxylic acids is 2. The van der Waals surface area contributed by atoms with E-state index in [4.69, 9.17) is 0 Å². The van der Waals surface area contributed by atoms with Crippen LogP contribution in [0.3, 0.4) is 0 Å². The van der Waals surface area contributed by atoms with Crippen LogP contribution in [0, 0.1) is 0 Å². The smallest absolute Gasteiger partial charge is 0.315 e. The first-order valence-corrected chi connectivity index (χ1v) is 5.58. The summed E-state index contributed by atoms with van der Waals surface area (Å²) >= 11 is 0. The van der Waals surface area contributed by atoms with Gasteiger partial charge in [-0.2, -0.15) is 0 Å². The van der Waals surface area contributed by atoms with Gasteiger partial charge in [0.2, 0.25) is 0 Å². The Morgan fingerprint density at radius 3 is 2.56 bits per heavy atom. The first kappa shape index (κ1) is 12.9. The molecule has 1 aliphatic rings. The summed E-state index contributed by atoms with van der Waals surface area (Å²) in [6.45, 7) is 5.81. The molecule has 1 aliphatic heterocycles. The van der Waals surface area contributed by atoms with E-state index in [1.54, 1.807) is 0 Å². The van der Waals surface area contributed by atoms with E-state index >= 15 is 0 Å². The number of urea groups is 1. The summed E-state index contributed by atoms with van der Waals surface area (Å²) < 4.78 is 0. The van der Waals surface area contributed by atoms with Gasteiger partial charge in [-0.25, -0.2) is 4.79 Å². The number of amides is 2. The standard InChI is InChI=1S/C10H20N4O2/c1-13-5-7-14(8-6-13)4-2-11-10(16)12-3-9-15/h9H,2-8H2,1H3,(H2,11,12,16). The van der Waals surface area contributed by atoms with Crippen LogP contribution < -0.4 is 10.6 Å². The second-order valence-electron chi connectivity index (χ2n) is 3.95. The predicted octanol–water partition coefficient (Wildman–Crippen LogP) is -1.27. The van der Waals surface area contributed by atoms with Crippen LogP contribution in [-0.4, -0.2) is 75.0 Å². The van der Waals surface area contributed by atoms with Crippen LogP contribution in [0.15, 0.2) is 0 Å². The van der Waals surface area contributed by atoms with E-state index in [1.165, 1.54) is 0 Å². The van der Waals surface area contributed by atoms with Gasteiger partial charge in [0.25, 0.3) is 0 Å². The summed E-state index contributed by atoms with van der Waals surface area (Å²) in [4.78, 5) is 25.7. The maximum Gasteiger partial charge on any atom is 0.315 e. The third kappa shape index (κ3) is 5.09. The minimum Gasteiger partial charge on any atom is -0.337 e. The molecule has 0 aromatic carbocycles. The molecule has 0 aromatic rings. The molecule has 0 atom stereocenters. The number of rotatable bonds is 5. The number of nitrogens with one attached hydrogen (secondary N) is 2. The second kappa shape index (κ2) is 7.19. The van der Waals surface area contributed by atoms with Crippen molar-refractivity contribution in [3.63, 3.8) is 0 Å². The van der Waals surface area contributed by atoms with Crippen molar-refractivity contribution in [2.45, 2.75) is 0 Å². The molecule has 0 aromatic heterocycles. The topological polar surface area (TPSA) is 64.7 Å². The van der Waals surface area contributed by atoms with Crippen molar-refractivity contribution in [1.82, 2.24) is 20.4 Å². The molecule has 0 bridgehead atoms. The molecule has 0 radical (unpaired) electrons. The fourth-order valence-corrected chi connectivity index (χ4v) is 1.60. The molecule has 6 nitrogen and oxygen atoms in total. The Morgan fingerprint density at radius 2 is 1.94 bits per heavy atom. The Kier molecular flexibility index (Phi) is 5.81. The molecule has 1 heterocycles. The second-order valence-corrected chi connectivity index (χ2v) is 3.95. The molecule has 6 heteroatoms. The average Bonchev–Trinajstić information content (AvgIpc) is 2.29. The molecule has 1 fully saturated rings. The molecule has 92 valence electrons. The van der Waals surface area contributed by atoms with Gasteiger partial charge < -0.3 is 20.3 Å². The lowest BCUT2D eigenvalue weighted by molar-refractivity contribution is -0.107. The Bertz CT molecular complexity index is 227. The number of nitrogens with zero attached hydrogens (tertiary/aromatic N) is 2. The van der Waals surface area contributed by atoms with Crippen LogP contribution in [-0.2, 0) is 4.79 Å². The molecule has 1 rings (SSSR count). The summed E-state index contributed by atoms with van der Waals surface area (Å²) in [6.07, 6.45) is 0.667. The fourth-order valence-electron chi connectivity index (χ4n) is 1.60. The highest BCUT2D eigenvalue weighted by molar-refractivity contribution is 5.76. The summed E-state index contributed by atoms with van der Waals surface area (Å²) in [5.41, 5.74) is 0. The zero-order valence-corrected chi connectivity index (χ0v) is 9.74.